The van der Waals surface area contributed by atoms with Gasteiger partial charge in [-0.15, -0.1) is 0 Å². The first-order valence-corrected chi connectivity index (χ1v) is 4.34. The van der Waals surface area contributed by atoms with Crippen molar-refractivity contribution in [1.82, 2.24) is 0 Å². The number of aliphatic imine (C=N–C) groups is 1. The molecule has 0 aliphatic heterocycles. The fourth-order valence-corrected chi connectivity index (χ4v) is 1.18. The summed E-state index contributed by atoms with van der Waals surface area (Å²) in [5.74, 6) is -1.31. The number of alkyl halides is 3. The summed E-state index contributed by atoms with van der Waals surface area (Å²) in [5.41, 5.74) is -1.03. The highest BCUT2D eigenvalue weighted by Crippen LogP contribution is 2.31. The van der Waals surface area contributed by atoms with Gasteiger partial charge < -0.3 is 0 Å². The number of hydrogen-bond donors (Lipinski definition) is 0. The van der Waals surface area contributed by atoms with Gasteiger partial charge in [-0.3, -0.25) is 0 Å². The molecule has 0 unspecified atom stereocenters. The molecule has 0 heterocycles. The van der Waals surface area contributed by atoms with E-state index in [0.717, 1.165) is 12.1 Å². The lowest BCUT2D eigenvalue weighted by Gasteiger charge is -2.09. The lowest BCUT2D eigenvalue weighted by Crippen LogP contribution is -2.09. The summed E-state index contributed by atoms with van der Waals surface area (Å²) in [6, 6.07) is 2.70. The Morgan fingerprint density at radius 1 is 1.31 bits per heavy atom. The topological polar surface area (TPSA) is 29.4 Å². The smallest absolute Gasteiger partial charge is 0.211 e. The minimum atomic E-state index is -4.71. The number of halogens is 4. The molecule has 6 heteroatoms. The lowest BCUT2D eigenvalue weighted by atomic mass is 10.1. The zero-order valence-corrected chi connectivity index (χ0v) is 8.01. The van der Waals surface area contributed by atoms with E-state index in [4.69, 9.17) is 0 Å². The van der Waals surface area contributed by atoms with Crippen LogP contribution in [-0.2, 0) is 17.4 Å². The third-order valence-electron chi connectivity index (χ3n) is 1.91. The Labute approximate surface area is 88.6 Å². The zero-order chi connectivity index (χ0) is 12.2. The summed E-state index contributed by atoms with van der Waals surface area (Å²) >= 11 is 0. The molecule has 1 aromatic carbocycles. The SMILES string of the molecule is O=C=NCCc1ccc(F)c(C(F)(F)F)c1. The molecule has 86 valence electrons. The maximum atomic E-state index is 12.8. The van der Waals surface area contributed by atoms with Crippen LogP contribution in [0.1, 0.15) is 11.1 Å². The van der Waals surface area contributed by atoms with E-state index in [9.17, 15) is 22.4 Å². The van der Waals surface area contributed by atoms with E-state index in [0.29, 0.717) is 0 Å². The molecule has 16 heavy (non-hydrogen) atoms. The molecule has 1 rings (SSSR count). The van der Waals surface area contributed by atoms with Gasteiger partial charge in [-0.2, -0.15) is 13.2 Å². The fraction of sp³-hybridized carbons (Fsp3) is 0.300. The van der Waals surface area contributed by atoms with Crippen LogP contribution in [-0.4, -0.2) is 12.6 Å². The molecule has 2 nitrogen and oxygen atoms in total. The standard InChI is InChI=1S/C10H7F4NO/c11-9-2-1-7(3-4-15-6-16)5-8(9)10(12,13)14/h1-2,5H,3-4H2. The molecule has 0 spiro atoms. The van der Waals surface area contributed by atoms with E-state index in [1.54, 1.807) is 0 Å². The van der Waals surface area contributed by atoms with Gasteiger partial charge in [0.1, 0.15) is 5.82 Å². The Kier molecular flexibility index (Phi) is 3.79. The van der Waals surface area contributed by atoms with Crippen LogP contribution in [0.5, 0.6) is 0 Å². The normalized spacial score (nSPS) is 11.0. The van der Waals surface area contributed by atoms with Crippen LogP contribution >= 0.6 is 0 Å². The molecule has 1 aromatic rings. The zero-order valence-electron chi connectivity index (χ0n) is 8.01. The van der Waals surface area contributed by atoms with Gasteiger partial charge in [0.05, 0.1) is 12.1 Å². The van der Waals surface area contributed by atoms with Crippen molar-refractivity contribution in [1.29, 1.82) is 0 Å². The van der Waals surface area contributed by atoms with Gasteiger partial charge in [0.15, 0.2) is 0 Å². The molecular formula is C10H7F4NO. The third-order valence-corrected chi connectivity index (χ3v) is 1.91. The molecule has 0 aliphatic rings. The fourth-order valence-electron chi connectivity index (χ4n) is 1.18. The third kappa shape index (κ3) is 3.17. The second-order valence-corrected chi connectivity index (χ2v) is 3.03. The van der Waals surface area contributed by atoms with Gasteiger partial charge in [-0.05, 0) is 24.1 Å². The molecule has 0 saturated heterocycles. The number of benzene rings is 1. The van der Waals surface area contributed by atoms with Crippen molar-refractivity contribution in [2.75, 3.05) is 6.54 Å². The van der Waals surface area contributed by atoms with E-state index in [1.807, 2.05) is 0 Å². The van der Waals surface area contributed by atoms with Crippen molar-refractivity contribution in [3.05, 3.63) is 35.1 Å². The quantitative estimate of drug-likeness (QED) is 0.448. The van der Waals surface area contributed by atoms with Gasteiger partial charge in [0.25, 0.3) is 0 Å². The number of isocyanates is 1. The van der Waals surface area contributed by atoms with Crippen molar-refractivity contribution in [3.63, 3.8) is 0 Å². The van der Waals surface area contributed by atoms with Crippen molar-refractivity contribution < 1.29 is 22.4 Å². The van der Waals surface area contributed by atoms with Crippen LogP contribution in [0, 0.1) is 5.82 Å². The van der Waals surface area contributed by atoms with Crippen LogP contribution in [0.3, 0.4) is 0 Å². The van der Waals surface area contributed by atoms with Crippen molar-refractivity contribution >= 4 is 6.08 Å². The van der Waals surface area contributed by atoms with Crippen LogP contribution in [0.25, 0.3) is 0 Å². The molecular weight excluding hydrogens is 226 g/mol. The molecule has 0 atom stereocenters. The van der Waals surface area contributed by atoms with E-state index >= 15 is 0 Å². The predicted octanol–water partition coefficient (Wildman–Crippen LogP) is 2.72. The first-order chi connectivity index (χ1) is 7.45. The minimum absolute atomic E-state index is 0.0342. The maximum absolute atomic E-state index is 12.8. The van der Waals surface area contributed by atoms with Crippen LogP contribution in [0.4, 0.5) is 17.6 Å². The summed E-state index contributed by atoms with van der Waals surface area (Å²) in [7, 11) is 0. The average Bonchev–Trinajstić information content (AvgIpc) is 2.19. The highest BCUT2D eigenvalue weighted by molar-refractivity contribution is 5.33. The van der Waals surface area contributed by atoms with Crippen LogP contribution in [0.15, 0.2) is 23.2 Å². The van der Waals surface area contributed by atoms with Gasteiger partial charge in [0, 0.05) is 0 Å². The van der Waals surface area contributed by atoms with E-state index in [-0.39, 0.29) is 18.5 Å². The Morgan fingerprint density at radius 3 is 2.56 bits per heavy atom. The van der Waals surface area contributed by atoms with Gasteiger partial charge in [-0.25, -0.2) is 14.2 Å². The van der Waals surface area contributed by atoms with Gasteiger partial charge in [-0.1, -0.05) is 6.07 Å². The average molecular weight is 233 g/mol. The summed E-state index contributed by atoms with van der Waals surface area (Å²) in [4.78, 5) is 12.9. The molecule has 0 bridgehead atoms. The summed E-state index contributed by atoms with van der Waals surface area (Å²) in [6.07, 6.45) is -3.30. The van der Waals surface area contributed by atoms with E-state index in [1.165, 1.54) is 12.1 Å². The molecule has 0 radical (unpaired) electrons. The first kappa shape index (κ1) is 12.4. The van der Waals surface area contributed by atoms with Crippen molar-refractivity contribution in [3.8, 4) is 0 Å². The Bertz CT molecular complexity index is 421. The van der Waals surface area contributed by atoms with Gasteiger partial charge >= 0.3 is 6.18 Å². The van der Waals surface area contributed by atoms with E-state index < -0.39 is 17.6 Å². The second kappa shape index (κ2) is 4.90. The first-order valence-electron chi connectivity index (χ1n) is 4.34. The highest BCUT2D eigenvalue weighted by Gasteiger charge is 2.34. The number of carbonyl (C=O) groups excluding carboxylic acids is 1. The summed E-state index contributed by atoms with van der Waals surface area (Å²) in [6.45, 7) is 0.0342. The van der Waals surface area contributed by atoms with E-state index in [2.05, 4.69) is 4.99 Å². The molecule has 0 amide bonds. The number of hydrogen-bond acceptors (Lipinski definition) is 2. The Morgan fingerprint density at radius 2 is 2.00 bits per heavy atom. The maximum Gasteiger partial charge on any atom is 0.419 e. The van der Waals surface area contributed by atoms with Gasteiger partial charge in [0.2, 0.25) is 6.08 Å². The largest absolute Gasteiger partial charge is 0.419 e. The lowest BCUT2D eigenvalue weighted by molar-refractivity contribution is -0.140. The second-order valence-electron chi connectivity index (χ2n) is 3.03. The summed E-state index contributed by atoms with van der Waals surface area (Å²) < 4.78 is 49.7. The Balaban J connectivity index is 2.94. The molecule has 0 aliphatic carbocycles. The van der Waals surface area contributed by atoms with Crippen molar-refractivity contribution in [2.45, 2.75) is 12.6 Å². The number of rotatable bonds is 3. The minimum Gasteiger partial charge on any atom is -0.211 e. The number of nitrogens with zero attached hydrogens (tertiary/aromatic N) is 1. The Hall–Kier alpha value is -1.68. The monoisotopic (exact) mass is 233 g/mol. The molecule has 0 aromatic heterocycles. The summed E-state index contributed by atoms with van der Waals surface area (Å²) in [5, 5.41) is 0. The van der Waals surface area contributed by atoms with Crippen LogP contribution < -0.4 is 0 Å². The molecule has 0 fully saturated rings. The van der Waals surface area contributed by atoms with Crippen molar-refractivity contribution in [2.24, 2.45) is 4.99 Å². The molecule has 0 N–H and O–H groups in total. The predicted molar refractivity (Wildman–Crippen MR) is 48.1 cm³/mol. The highest BCUT2D eigenvalue weighted by atomic mass is 19.4. The van der Waals surface area contributed by atoms with Crippen LogP contribution in [0.2, 0.25) is 0 Å². The molecule has 0 saturated carbocycles.